The van der Waals surface area contributed by atoms with Crippen molar-refractivity contribution in [3.8, 4) is 0 Å². The number of hydrogen-bond donors (Lipinski definition) is 2. The number of carboxylic acids is 1. The van der Waals surface area contributed by atoms with Crippen LogP contribution in [0.5, 0.6) is 0 Å². The Bertz CT molecular complexity index is 876. The van der Waals surface area contributed by atoms with Gasteiger partial charge in [0.15, 0.2) is 11.4 Å². The molecule has 0 saturated heterocycles. The largest absolute Gasteiger partial charge is 0.476 e. The Kier molecular flexibility index (Phi) is 4.28. The number of aromatic nitrogens is 4. The second-order valence-electron chi connectivity index (χ2n) is 4.93. The van der Waals surface area contributed by atoms with Gasteiger partial charge in [0, 0.05) is 18.6 Å². The van der Waals surface area contributed by atoms with Crippen molar-refractivity contribution in [3.05, 3.63) is 72.1 Å². The normalized spacial score (nSPS) is 10.3. The van der Waals surface area contributed by atoms with Gasteiger partial charge >= 0.3 is 5.97 Å². The molecule has 0 aliphatic heterocycles. The molecule has 2 aromatic heterocycles. The van der Waals surface area contributed by atoms with Gasteiger partial charge in [-0.2, -0.15) is 5.10 Å². The number of rotatable bonds is 5. The Balaban J connectivity index is 1.73. The molecule has 0 bridgehead atoms. The van der Waals surface area contributed by atoms with Crippen molar-refractivity contribution in [2.24, 2.45) is 0 Å². The van der Waals surface area contributed by atoms with Crippen LogP contribution in [-0.4, -0.2) is 36.7 Å². The molecular formula is C16H13N5O3. The van der Waals surface area contributed by atoms with Crippen LogP contribution in [0.25, 0.3) is 0 Å². The van der Waals surface area contributed by atoms with Crippen molar-refractivity contribution in [1.82, 2.24) is 19.7 Å². The number of benzene rings is 1. The van der Waals surface area contributed by atoms with Crippen LogP contribution in [0.2, 0.25) is 0 Å². The molecule has 0 spiro atoms. The first-order valence-corrected chi connectivity index (χ1v) is 7.05. The van der Waals surface area contributed by atoms with E-state index in [4.69, 9.17) is 5.11 Å². The summed E-state index contributed by atoms with van der Waals surface area (Å²) in [5, 5.41) is 15.8. The van der Waals surface area contributed by atoms with Crippen molar-refractivity contribution in [2.45, 2.75) is 6.54 Å². The Hall–Kier alpha value is -3.55. The van der Waals surface area contributed by atoms with E-state index in [1.165, 1.54) is 18.6 Å². The van der Waals surface area contributed by atoms with Crippen LogP contribution >= 0.6 is 0 Å². The molecule has 2 N–H and O–H groups in total. The topological polar surface area (TPSA) is 110 Å². The van der Waals surface area contributed by atoms with Gasteiger partial charge in [-0.05, 0) is 5.56 Å². The maximum absolute atomic E-state index is 12.2. The minimum absolute atomic E-state index is 0.249. The Morgan fingerprint density at radius 2 is 1.79 bits per heavy atom. The molecule has 8 nitrogen and oxygen atoms in total. The highest BCUT2D eigenvalue weighted by Crippen LogP contribution is 2.10. The van der Waals surface area contributed by atoms with Gasteiger partial charge in [0.05, 0.1) is 18.4 Å². The van der Waals surface area contributed by atoms with Crippen LogP contribution in [0.15, 0.2) is 55.1 Å². The second kappa shape index (κ2) is 6.69. The van der Waals surface area contributed by atoms with Crippen molar-refractivity contribution in [3.63, 3.8) is 0 Å². The summed E-state index contributed by atoms with van der Waals surface area (Å²) in [6.07, 6.45) is 5.62. The van der Waals surface area contributed by atoms with Crippen LogP contribution in [0.1, 0.15) is 26.5 Å². The fraction of sp³-hybridized carbons (Fsp3) is 0.0625. The van der Waals surface area contributed by atoms with E-state index in [0.717, 1.165) is 5.56 Å². The summed E-state index contributed by atoms with van der Waals surface area (Å²) in [6, 6.07) is 9.74. The van der Waals surface area contributed by atoms with Crippen LogP contribution in [-0.2, 0) is 6.54 Å². The maximum atomic E-state index is 12.2. The number of amides is 1. The summed E-state index contributed by atoms with van der Waals surface area (Å²) in [5.74, 6) is -1.97. The fourth-order valence-electron chi connectivity index (χ4n) is 2.14. The zero-order chi connectivity index (χ0) is 16.9. The predicted octanol–water partition coefficient (Wildman–Crippen LogP) is 1.67. The molecule has 0 fully saturated rings. The number of hydrogen-bond acceptors (Lipinski definition) is 5. The fourth-order valence-corrected chi connectivity index (χ4v) is 2.14. The van der Waals surface area contributed by atoms with Crippen molar-refractivity contribution >= 4 is 17.6 Å². The molecule has 0 unspecified atom stereocenters. The molecule has 120 valence electrons. The summed E-state index contributed by atoms with van der Waals surface area (Å²) >= 11 is 0. The number of carbonyl (C=O) groups is 2. The number of carbonyl (C=O) groups excluding carboxylic acids is 1. The van der Waals surface area contributed by atoms with E-state index in [1.54, 1.807) is 10.9 Å². The highest BCUT2D eigenvalue weighted by Gasteiger charge is 2.19. The lowest BCUT2D eigenvalue weighted by molar-refractivity contribution is 0.0685. The van der Waals surface area contributed by atoms with Gasteiger partial charge < -0.3 is 10.4 Å². The molecular weight excluding hydrogens is 310 g/mol. The maximum Gasteiger partial charge on any atom is 0.356 e. The standard InChI is InChI=1S/C16H13N5O3/c22-15(13-14(16(23)24)18-7-6-17-13)20-12-8-19-21(10-12)9-11-4-2-1-3-5-11/h1-8,10H,9H2,(H,20,22)(H,23,24). The molecule has 0 aliphatic carbocycles. The quantitative estimate of drug-likeness (QED) is 0.739. The highest BCUT2D eigenvalue weighted by atomic mass is 16.4. The van der Waals surface area contributed by atoms with Gasteiger partial charge in [-0.25, -0.2) is 14.8 Å². The molecule has 1 aromatic carbocycles. The lowest BCUT2D eigenvalue weighted by atomic mass is 10.2. The minimum Gasteiger partial charge on any atom is -0.476 e. The third-order valence-electron chi connectivity index (χ3n) is 3.19. The van der Waals surface area contributed by atoms with Gasteiger partial charge in [0.2, 0.25) is 0 Å². The van der Waals surface area contributed by atoms with Gasteiger partial charge in [0.1, 0.15) is 0 Å². The van der Waals surface area contributed by atoms with E-state index in [-0.39, 0.29) is 5.69 Å². The molecule has 0 radical (unpaired) electrons. The summed E-state index contributed by atoms with van der Waals surface area (Å²) in [7, 11) is 0. The Morgan fingerprint density at radius 3 is 2.50 bits per heavy atom. The Morgan fingerprint density at radius 1 is 1.08 bits per heavy atom. The number of nitrogens with one attached hydrogen (secondary N) is 1. The molecule has 8 heteroatoms. The molecule has 3 rings (SSSR count). The number of aromatic carboxylic acids is 1. The van der Waals surface area contributed by atoms with E-state index in [9.17, 15) is 9.59 Å². The minimum atomic E-state index is -1.31. The van der Waals surface area contributed by atoms with Gasteiger partial charge in [-0.15, -0.1) is 0 Å². The Labute approximate surface area is 136 Å². The summed E-state index contributed by atoms with van der Waals surface area (Å²) in [4.78, 5) is 30.7. The number of nitrogens with zero attached hydrogens (tertiary/aromatic N) is 4. The van der Waals surface area contributed by atoms with Crippen LogP contribution < -0.4 is 5.32 Å². The number of anilines is 1. The van der Waals surface area contributed by atoms with Crippen LogP contribution in [0.4, 0.5) is 5.69 Å². The lowest BCUT2D eigenvalue weighted by Crippen LogP contribution is -2.19. The highest BCUT2D eigenvalue weighted by molar-refractivity contribution is 6.08. The van der Waals surface area contributed by atoms with Crippen LogP contribution in [0.3, 0.4) is 0 Å². The van der Waals surface area contributed by atoms with Crippen molar-refractivity contribution in [1.29, 1.82) is 0 Å². The third kappa shape index (κ3) is 3.43. The lowest BCUT2D eigenvalue weighted by Gasteiger charge is -2.04. The predicted molar refractivity (Wildman–Crippen MR) is 84.7 cm³/mol. The van der Waals surface area contributed by atoms with Gasteiger partial charge in [-0.1, -0.05) is 30.3 Å². The summed E-state index contributed by atoms with van der Waals surface area (Å²) in [5.41, 5.74) is 0.867. The molecule has 2 heterocycles. The summed E-state index contributed by atoms with van der Waals surface area (Å²) in [6.45, 7) is 0.558. The average molecular weight is 323 g/mol. The molecule has 0 saturated carbocycles. The molecule has 0 aliphatic rings. The molecule has 0 atom stereocenters. The van der Waals surface area contributed by atoms with E-state index >= 15 is 0 Å². The first-order valence-electron chi connectivity index (χ1n) is 7.05. The second-order valence-corrected chi connectivity index (χ2v) is 4.93. The van der Waals surface area contributed by atoms with E-state index in [1.807, 2.05) is 30.3 Å². The van der Waals surface area contributed by atoms with E-state index < -0.39 is 17.6 Å². The van der Waals surface area contributed by atoms with Crippen LogP contribution in [0, 0.1) is 0 Å². The zero-order valence-electron chi connectivity index (χ0n) is 12.5. The molecule has 1 amide bonds. The van der Waals surface area contributed by atoms with Gasteiger partial charge in [-0.3, -0.25) is 9.48 Å². The van der Waals surface area contributed by atoms with Gasteiger partial charge in [0.25, 0.3) is 5.91 Å². The smallest absolute Gasteiger partial charge is 0.356 e. The SMILES string of the molecule is O=C(O)c1nccnc1C(=O)Nc1cnn(Cc2ccccc2)c1. The summed E-state index contributed by atoms with van der Waals surface area (Å²) < 4.78 is 1.67. The van der Waals surface area contributed by atoms with Crippen molar-refractivity contribution < 1.29 is 14.7 Å². The first-order chi connectivity index (χ1) is 11.6. The zero-order valence-corrected chi connectivity index (χ0v) is 12.5. The molecule has 24 heavy (non-hydrogen) atoms. The number of carboxylic acid groups (broad SMARTS) is 1. The average Bonchev–Trinajstić information content (AvgIpc) is 3.02. The van der Waals surface area contributed by atoms with E-state index in [0.29, 0.717) is 12.2 Å². The molecule has 3 aromatic rings. The monoisotopic (exact) mass is 323 g/mol. The van der Waals surface area contributed by atoms with Crippen molar-refractivity contribution in [2.75, 3.05) is 5.32 Å². The first kappa shape index (κ1) is 15.3. The van der Waals surface area contributed by atoms with E-state index in [2.05, 4.69) is 20.4 Å². The third-order valence-corrected chi connectivity index (χ3v) is 3.19.